The van der Waals surface area contributed by atoms with Gasteiger partial charge in [0.25, 0.3) is 0 Å². The summed E-state index contributed by atoms with van der Waals surface area (Å²) in [7, 11) is 0. The van der Waals surface area contributed by atoms with Crippen LogP contribution in [0.5, 0.6) is 0 Å². The lowest BCUT2D eigenvalue weighted by Crippen LogP contribution is -2.53. The maximum atomic E-state index is 2.75. The first-order chi connectivity index (χ1) is 12.9. The first-order valence-electron chi connectivity index (χ1n) is 12.9. The van der Waals surface area contributed by atoms with E-state index in [1.165, 1.54) is 32.1 Å². The van der Waals surface area contributed by atoms with E-state index in [9.17, 15) is 0 Å². The van der Waals surface area contributed by atoms with E-state index in [2.05, 4.69) is 34.6 Å². The molecule has 4 aliphatic rings. The topological polar surface area (TPSA) is 0 Å². The van der Waals surface area contributed by atoms with E-state index < -0.39 is 0 Å². The highest BCUT2D eigenvalue weighted by Gasteiger charge is 2.59. The van der Waals surface area contributed by atoms with Gasteiger partial charge in [-0.15, -0.1) is 0 Å². The van der Waals surface area contributed by atoms with Crippen molar-refractivity contribution in [3.05, 3.63) is 0 Å². The van der Waals surface area contributed by atoms with Crippen LogP contribution in [0.25, 0.3) is 0 Å². The van der Waals surface area contributed by atoms with E-state index in [0.717, 1.165) is 41.4 Å². The van der Waals surface area contributed by atoms with Gasteiger partial charge in [0.2, 0.25) is 0 Å². The molecule has 0 aromatic carbocycles. The van der Waals surface area contributed by atoms with E-state index in [0.29, 0.717) is 10.8 Å². The lowest BCUT2D eigenvalue weighted by molar-refractivity contribution is -0.114. The maximum Gasteiger partial charge on any atom is -0.0264 e. The molecule has 0 saturated heterocycles. The van der Waals surface area contributed by atoms with Crippen LogP contribution in [0.3, 0.4) is 0 Å². The van der Waals surface area contributed by atoms with Gasteiger partial charge in [0.05, 0.1) is 0 Å². The van der Waals surface area contributed by atoms with Gasteiger partial charge < -0.3 is 0 Å². The van der Waals surface area contributed by atoms with Crippen molar-refractivity contribution in [3.63, 3.8) is 0 Å². The SMILES string of the molecule is CC(C)CCC[C@@H](C)[C@@H]1CC[C@H]2[C@@H]3CCC4CCCC[C@]4(C)[C@H]3CC[C@@]21C. The molecule has 0 heteroatoms. The number of hydrogen-bond donors (Lipinski definition) is 0. The molecule has 0 heterocycles. The summed E-state index contributed by atoms with van der Waals surface area (Å²) in [6.07, 6.45) is 19.9. The Morgan fingerprint density at radius 3 is 2.30 bits per heavy atom. The largest absolute Gasteiger partial charge is 0.0628 e. The van der Waals surface area contributed by atoms with Crippen molar-refractivity contribution < 1.29 is 0 Å². The van der Waals surface area contributed by atoms with Gasteiger partial charge in [-0.25, -0.2) is 0 Å². The lowest BCUT2D eigenvalue weighted by atomic mass is 9.44. The van der Waals surface area contributed by atoms with E-state index in [-0.39, 0.29) is 0 Å². The van der Waals surface area contributed by atoms with Crippen LogP contribution in [-0.4, -0.2) is 0 Å². The van der Waals surface area contributed by atoms with E-state index >= 15 is 0 Å². The van der Waals surface area contributed by atoms with Gasteiger partial charge in [-0.1, -0.05) is 66.7 Å². The maximum absolute atomic E-state index is 2.75. The Hall–Kier alpha value is 0. The third-order valence-electron chi connectivity index (χ3n) is 10.8. The molecule has 0 amide bonds. The first-order valence-corrected chi connectivity index (χ1v) is 12.9. The Bertz CT molecular complexity index is 506. The van der Waals surface area contributed by atoms with Crippen molar-refractivity contribution in [2.24, 2.45) is 52.3 Å². The Balaban J connectivity index is 1.46. The van der Waals surface area contributed by atoms with Gasteiger partial charge in [0.15, 0.2) is 0 Å². The molecule has 0 aromatic rings. The molecule has 27 heavy (non-hydrogen) atoms. The summed E-state index contributed by atoms with van der Waals surface area (Å²) in [6.45, 7) is 12.9. The fraction of sp³-hybridized carbons (Fsp3) is 1.00. The predicted octanol–water partition coefficient (Wildman–Crippen LogP) is 8.50. The quantitative estimate of drug-likeness (QED) is 0.453. The highest BCUT2D eigenvalue weighted by atomic mass is 14.6. The van der Waals surface area contributed by atoms with Crippen LogP contribution in [-0.2, 0) is 0 Å². The molecule has 4 aliphatic carbocycles. The van der Waals surface area contributed by atoms with Crippen molar-refractivity contribution in [2.75, 3.05) is 0 Å². The van der Waals surface area contributed by atoms with Crippen LogP contribution in [0.4, 0.5) is 0 Å². The second kappa shape index (κ2) is 7.68. The number of rotatable bonds is 5. The second-order valence-electron chi connectivity index (χ2n) is 12.4. The molecule has 156 valence electrons. The van der Waals surface area contributed by atoms with Crippen LogP contribution >= 0.6 is 0 Å². The Morgan fingerprint density at radius 1 is 0.741 bits per heavy atom. The minimum Gasteiger partial charge on any atom is -0.0628 e. The van der Waals surface area contributed by atoms with Crippen molar-refractivity contribution in [1.29, 1.82) is 0 Å². The van der Waals surface area contributed by atoms with Crippen LogP contribution in [0.2, 0.25) is 0 Å². The van der Waals surface area contributed by atoms with Crippen LogP contribution in [0.15, 0.2) is 0 Å². The molecule has 0 bridgehead atoms. The molecule has 0 nitrogen and oxygen atoms in total. The zero-order valence-corrected chi connectivity index (χ0v) is 19.2. The zero-order chi connectivity index (χ0) is 19.2. The fourth-order valence-corrected chi connectivity index (χ4v) is 9.32. The predicted molar refractivity (Wildman–Crippen MR) is 118 cm³/mol. The highest BCUT2D eigenvalue weighted by molar-refractivity contribution is 5.09. The van der Waals surface area contributed by atoms with Crippen molar-refractivity contribution in [2.45, 2.75) is 118 Å². The van der Waals surface area contributed by atoms with Gasteiger partial charge in [0, 0.05) is 0 Å². The zero-order valence-electron chi connectivity index (χ0n) is 19.2. The first kappa shape index (κ1) is 20.3. The molecule has 0 N–H and O–H groups in total. The summed E-state index contributed by atoms with van der Waals surface area (Å²) >= 11 is 0. The van der Waals surface area contributed by atoms with Crippen molar-refractivity contribution in [1.82, 2.24) is 0 Å². The molecule has 0 aromatic heterocycles. The molecule has 0 spiro atoms. The Labute approximate surface area is 170 Å². The number of hydrogen-bond acceptors (Lipinski definition) is 0. The minimum atomic E-state index is 0.677. The Kier molecular flexibility index (Phi) is 5.77. The molecule has 0 radical (unpaired) electrons. The second-order valence-corrected chi connectivity index (χ2v) is 12.4. The standard InChI is InChI=1S/C27H48/c1-19(2)9-8-10-20(3)23-14-15-24-22-13-12-21-11-6-7-17-26(21,4)25(22)16-18-27(23,24)5/h19-25H,6-18H2,1-5H3/t20-,21?,22+,23+,24+,25+,26+,27-/m1/s1. The van der Waals surface area contributed by atoms with Crippen LogP contribution in [0.1, 0.15) is 118 Å². The smallest absolute Gasteiger partial charge is 0.0264 e. The van der Waals surface area contributed by atoms with Gasteiger partial charge in [-0.05, 0) is 104 Å². The van der Waals surface area contributed by atoms with Crippen molar-refractivity contribution in [3.8, 4) is 0 Å². The third kappa shape index (κ3) is 3.44. The molecule has 4 rings (SSSR count). The Morgan fingerprint density at radius 2 is 1.52 bits per heavy atom. The summed E-state index contributed by atoms with van der Waals surface area (Å²) in [5, 5.41) is 0. The fourth-order valence-electron chi connectivity index (χ4n) is 9.32. The van der Waals surface area contributed by atoms with E-state index in [1.54, 1.807) is 51.4 Å². The number of fused-ring (bicyclic) bond motifs is 5. The summed E-state index contributed by atoms with van der Waals surface area (Å²) in [4.78, 5) is 0. The highest BCUT2D eigenvalue weighted by Crippen LogP contribution is 2.68. The molecule has 4 fully saturated rings. The average molecular weight is 373 g/mol. The van der Waals surface area contributed by atoms with E-state index in [1.807, 2.05) is 0 Å². The normalized spacial score (nSPS) is 48.0. The third-order valence-corrected chi connectivity index (χ3v) is 10.8. The average Bonchev–Trinajstić information content (AvgIpc) is 2.98. The molecule has 8 atom stereocenters. The van der Waals surface area contributed by atoms with Gasteiger partial charge in [-0.3, -0.25) is 0 Å². The summed E-state index contributed by atoms with van der Waals surface area (Å²) in [6, 6.07) is 0. The van der Waals surface area contributed by atoms with Gasteiger partial charge >= 0.3 is 0 Å². The van der Waals surface area contributed by atoms with E-state index in [4.69, 9.17) is 0 Å². The monoisotopic (exact) mass is 372 g/mol. The molecule has 0 aliphatic heterocycles. The molecular weight excluding hydrogens is 324 g/mol. The van der Waals surface area contributed by atoms with Crippen LogP contribution < -0.4 is 0 Å². The minimum absolute atomic E-state index is 0.677. The van der Waals surface area contributed by atoms with Crippen LogP contribution in [0, 0.1) is 52.3 Å². The molecule has 4 saturated carbocycles. The molecular formula is C27H48. The molecule has 1 unspecified atom stereocenters. The van der Waals surface area contributed by atoms with Gasteiger partial charge in [0.1, 0.15) is 0 Å². The van der Waals surface area contributed by atoms with Gasteiger partial charge in [-0.2, -0.15) is 0 Å². The lowest BCUT2D eigenvalue weighted by Gasteiger charge is -2.61. The summed E-state index contributed by atoms with van der Waals surface area (Å²) in [5.74, 6) is 7.15. The van der Waals surface area contributed by atoms with Crippen molar-refractivity contribution >= 4 is 0 Å². The summed E-state index contributed by atoms with van der Waals surface area (Å²) < 4.78 is 0. The summed E-state index contributed by atoms with van der Waals surface area (Å²) in [5.41, 5.74) is 1.39.